The van der Waals surface area contributed by atoms with Crippen molar-refractivity contribution in [1.82, 2.24) is 0 Å². The van der Waals surface area contributed by atoms with Crippen LogP contribution in [0, 0.1) is 5.41 Å². The smallest absolute Gasteiger partial charge is 0.193 e. The highest BCUT2D eigenvalue weighted by Gasteiger charge is 2.30. The van der Waals surface area contributed by atoms with E-state index in [0.29, 0.717) is 5.92 Å². The number of hydrogen-bond acceptors (Lipinski definition) is 1. The topological polar surface area (TPSA) is 53.1 Å². The molecule has 0 saturated carbocycles. The second-order valence-electron chi connectivity index (χ2n) is 8.72. The van der Waals surface area contributed by atoms with E-state index in [9.17, 15) is 0 Å². The minimum absolute atomic E-state index is 0. The zero-order valence-corrected chi connectivity index (χ0v) is 17.9. The normalized spacial score (nSPS) is 16.7. The minimum Gasteiger partial charge on any atom is -0.370 e. The quantitative estimate of drug-likeness (QED) is 0.498. The number of nitrogens with one attached hydrogen (secondary N) is 1. The van der Waals surface area contributed by atoms with Crippen LogP contribution in [0.15, 0.2) is 42.5 Å². The first-order chi connectivity index (χ1) is 12.2. The van der Waals surface area contributed by atoms with E-state index in [4.69, 9.17) is 11.1 Å². The van der Waals surface area contributed by atoms with E-state index in [1.807, 2.05) is 4.90 Å². The van der Waals surface area contributed by atoms with Gasteiger partial charge in [0.25, 0.3) is 0 Å². The van der Waals surface area contributed by atoms with Gasteiger partial charge in [0.05, 0.1) is 6.04 Å². The summed E-state index contributed by atoms with van der Waals surface area (Å²) in [5.41, 5.74) is 12.4. The van der Waals surface area contributed by atoms with Crippen molar-refractivity contribution in [2.45, 2.75) is 64.8 Å². The third-order valence-corrected chi connectivity index (χ3v) is 5.45. The van der Waals surface area contributed by atoms with Crippen LogP contribution in [-0.4, -0.2) is 5.96 Å². The van der Waals surface area contributed by atoms with Crippen LogP contribution in [-0.2, 0) is 11.8 Å². The molecule has 3 N–H and O–H groups in total. The minimum atomic E-state index is 0. The van der Waals surface area contributed by atoms with Crippen LogP contribution in [0.3, 0.4) is 0 Å². The molecule has 1 unspecified atom stereocenters. The van der Waals surface area contributed by atoms with E-state index < -0.39 is 0 Å². The molecule has 1 atom stereocenters. The van der Waals surface area contributed by atoms with Crippen LogP contribution in [0.5, 0.6) is 0 Å². The Hall–Kier alpha value is -2.00. The molecule has 4 heteroatoms. The lowest BCUT2D eigenvalue weighted by Gasteiger charge is -2.38. The summed E-state index contributed by atoms with van der Waals surface area (Å²) in [5, 5.41) is 8.18. The number of aryl methyl sites for hydroxylation is 1. The van der Waals surface area contributed by atoms with Gasteiger partial charge in [0.15, 0.2) is 5.96 Å². The van der Waals surface area contributed by atoms with Gasteiger partial charge in [-0.15, -0.1) is 12.4 Å². The van der Waals surface area contributed by atoms with Crippen molar-refractivity contribution in [3.05, 3.63) is 64.7 Å². The van der Waals surface area contributed by atoms with Crippen molar-refractivity contribution in [3.63, 3.8) is 0 Å². The maximum absolute atomic E-state index is 8.18. The molecule has 0 spiro atoms. The van der Waals surface area contributed by atoms with Gasteiger partial charge in [-0.05, 0) is 52.5 Å². The van der Waals surface area contributed by atoms with E-state index in [2.05, 4.69) is 77.1 Å². The Labute approximate surface area is 169 Å². The lowest BCUT2D eigenvalue weighted by Crippen LogP contribution is -2.42. The molecule has 0 amide bonds. The summed E-state index contributed by atoms with van der Waals surface area (Å²) < 4.78 is 0. The van der Waals surface area contributed by atoms with Gasteiger partial charge in [0.2, 0.25) is 0 Å². The summed E-state index contributed by atoms with van der Waals surface area (Å²) in [6, 6.07) is 15.6. The summed E-state index contributed by atoms with van der Waals surface area (Å²) >= 11 is 0. The molecule has 2 aromatic carbocycles. The van der Waals surface area contributed by atoms with E-state index in [1.54, 1.807) is 0 Å². The maximum atomic E-state index is 8.18. The third-order valence-electron chi connectivity index (χ3n) is 5.45. The first-order valence-corrected chi connectivity index (χ1v) is 9.55. The Morgan fingerprint density at radius 1 is 1.11 bits per heavy atom. The zero-order chi connectivity index (χ0) is 19.1. The number of guanidine groups is 1. The SMILES string of the molecule is CC(C)c1ccc2c(c1)CCC(c1ccc(C(C)(C)C)cc1)N2C(=N)N.Cl. The molecule has 2 aromatic rings. The maximum Gasteiger partial charge on any atom is 0.193 e. The van der Waals surface area contributed by atoms with Crippen LogP contribution in [0.4, 0.5) is 5.69 Å². The van der Waals surface area contributed by atoms with Gasteiger partial charge in [-0.2, -0.15) is 0 Å². The molecule has 0 fully saturated rings. The fourth-order valence-electron chi connectivity index (χ4n) is 3.81. The molecule has 0 bridgehead atoms. The molecule has 1 aliphatic heterocycles. The molecule has 146 valence electrons. The highest BCUT2D eigenvalue weighted by Crippen LogP contribution is 2.39. The predicted molar refractivity (Wildman–Crippen MR) is 118 cm³/mol. The van der Waals surface area contributed by atoms with Crippen LogP contribution in [0.2, 0.25) is 0 Å². The lowest BCUT2D eigenvalue weighted by atomic mass is 9.84. The number of nitrogens with two attached hydrogens (primary N) is 1. The molecular formula is C23H32ClN3. The molecule has 0 aromatic heterocycles. The Bertz CT molecular complexity index is 803. The highest BCUT2D eigenvalue weighted by atomic mass is 35.5. The Morgan fingerprint density at radius 3 is 2.26 bits per heavy atom. The van der Waals surface area contributed by atoms with E-state index in [-0.39, 0.29) is 29.8 Å². The lowest BCUT2D eigenvalue weighted by molar-refractivity contribution is 0.585. The summed E-state index contributed by atoms with van der Waals surface area (Å²) in [6.45, 7) is 11.1. The first-order valence-electron chi connectivity index (χ1n) is 9.55. The number of anilines is 1. The molecule has 1 heterocycles. The number of halogens is 1. The van der Waals surface area contributed by atoms with Gasteiger partial charge >= 0.3 is 0 Å². The number of nitrogens with zero attached hydrogens (tertiary/aromatic N) is 1. The first kappa shape index (κ1) is 21.3. The Balaban J connectivity index is 0.00000261. The largest absolute Gasteiger partial charge is 0.370 e. The summed E-state index contributed by atoms with van der Waals surface area (Å²) in [7, 11) is 0. The van der Waals surface area contributed by atoms with E-state index in [1.165, 1.54) is 22.3 Å². The van der Waals surface area contributed by atoms with Crippen molar-refractivity contribution < 1.29 is 0 Å². The van der Waals surface area contributed by atoms with Crippen molar-refractivity contribution in [2.75, 3.05) is 4.90 Å². The van der Waals surface area contributed by atoms with Crippen molar-refractivity contribution in [3.8, 4) is 0 Å². The van der Waals surface area contributed by atoms with E-state index >= 15 is 0 Å². The number of fused-ring (bicyclic) bond motifs is 1. The van der Waals surface area contributed by atoms with Crippen molar-refractivity contribution in [1.29, 1.82) is 5.41 Å². The number of rotatable bonds is 2. The molecular weight excluding hydrogens is 354 g/mol. The van der Waals surface area contributed by atoms with Gasteiger partial charge in [0, 0.05) is 5.69 Å². The van der Waals surface area contributed by atoms with Crippen molar-refractivity contribution >= 4 is 24.1 Å². The summed E-state index contributed by atoms with van der Waals surface area (Å²) in [4.78, 5) is 2.00. The molecule has 1 aliphatic rings. The van der Waals surface area contributed by atoms with Gasteiger partial charge < -0.3 is 10.6 Å². The second kappa shape index (κ2) is 7.93. The number of benzene rings is 2. The molecule has 3 nitrogen and oxygen atoms in total. The third kappa shape index (κ3) is 4.30. The molecule has 0 aliphatic carbocycles. The Morgan fingerprint density at radius 2 is 1.74 bits per heavy atom. The van der Waals surface area contributed by atoms with Crippen LogP contribution < -0.4 is 10.6 Å². The molecule has 3 rings (SSSR count). The standard InChI is InChI=1S/C23H31N3.ClH/c1-15(2)17-8-12-21-18(14-17)9-13-20(26(21)22(24)25)16-6-10-19(11-7-16)23(3,4)5;/h6-8,10-12,14-15,20H,9,13H2,1-5H3,(H3,24,25);1H. The van der Waals surface area contributed by atoms with Crippen LogP contribution >= 0.6 is 12.4 Å². The van der Waals surface area contributed by atoms with Gasteiger partial charge in [-0.1, -0.05) is 71.0 Å². The average molecular weight is 386 g/mol. The molecule has 0 saturated heterocycles. The summed E-state index contributed by atoms with van der Waals surface area (Å²) in [5.74, 6) is 0.627. The molecule has 27 heavy (non-hydrogen) atoms. The second-order valence-corrected chi connectivity index (χ2v) is 8.72. The molecule has 0 radical (unpaired) electrons. The highest BCUT2D eigenvalue weighted by molar-refractivity contribution is 5.94. The van der Waals surface area contributed by atoms with Crippen LogP contribution in [0.25, 0.3) is 0 Å². The van der Waals surface area contributed by atoms with Gasteiger partial charge in [0.1, 0.15) is 0 Å². The van der Waals surface area contributed by atoms with Gasteiger partial charge in [-0.25, -0.2) is 0 Å². The summed E-state index contributed by atoms with van der Waals surface area (Å²) in [6.07, 6.45) is 1.99. The zero-order valence-electron chi connectivity index (χ0n) is 17.0. The average Bonchev–Trinajstić information content (AvgIpc) is 2.59. The monoisotopic (exact) mass is 385 g/mol. The van der Waals surface area contributed by atoms with Crippen molar-refractivity contribution in [2.24, 2.45) is 5.73 Å². The fourth-order valence-corrected chi connectivity index (χ4v) is 3.81. The van der Waals surface area contributed by atoms with Gasteiger partial charge in [-0.3, -0.25) is 5.41 Å². The van der Waals surface area contributed by atoms with Crippen LogP contribution in [0.1, 0.15) is 75.3 Å². The Kier molecular flexibility index (Phi) is 6.26. The predicted octanol–water partition coefficient (Wildman–Crippen LogP) is 5.92. The number of hydrogen-bond donors (Lipinski definition) is 2. The fraction of sp³-hybridized carbons (Fsp3) is 0.435. The van der Waals surface area contributed by atoms with E-state index in [0.717, 1.165) is 18.5 Å².